The van der Waals surface area contributed by atoms with Gasteiger partial charge in [0.25, 0.3) is 0 Å². The molecule has 0 aliphatic heterocycles. The summed E-state index contributed by atoms with van der Waals surface area (Å²) in [5, 5.41) is 11.1. The molecule has 5 nitrogen and oxygen atoms in total. The first kappa shape index (κ1) is 27.9. The number of benzene rings is 1. The fraction of sp³-hybridized carbons (Fsp3) is 0.571. The zero-order valence-corrected chi connectivity index (χ0v) is 22.1. The second-order valence-corrected chi connectivity index (χ2v) is 10.5. The van der Waals surface area contributed by atoms with Crippen molar-refractivity contribution in [3.05, 3.63) is 40.1 Å². The van der Waals surface area contributed by atoms with Crippen LogP contribution >= 0.6 is 11.3 Å². The molecular weight excluding hydrogens is 446 g/mol. The molecule has 1 N–H and O–H groups in total. The number of nitrogens with zero attached hydrogens (tertiary/aromatic N) is 1. The van der Waals surface area contributed by atoms with Crippen molar-refractivity contribution in [2.45, 2.75) is 85.1 Å². The van der Waals surface area contributed by atoms with Crippen LogP contribution in [0.25, 0.3) is 11.1 Å². The van der Waals surface area contributed by atoms with Crippen molar-refractivity contribution in [3.8, 4) is 16.9 Å². The lowest BCUT2D eigenvalue weighted by Crippen LogP contribution is -2.25. The Morgan fingerprint density at radius 2 is 1.79 bits per heavy atom. The molecule has 0 saturated carbocycles. The highest BCUT2D eigenvalue weighted by molar-refractivity contribution is 7.10. The van der Waals surface area contributed by atoms with Gasteiger partial charge in [0.2, 0.25) is 5.91 Å². The van der Waals surface area contributed by atoms with Crippen LogP contribution in [0.2, 0.25) is 0 Å². The Kier molecular flexibility index (Phi) is 12.2. The number of thiophene rings is 1. The van der Waals surface area contributed by atoms with Crippen molar-refractivity contribution < 1.29 is 19.4 Å². The summed E-state index contributed by atoms with van der Waals surface area (Å²) in [6, 6.07) is 8.10. The van der Waals surface area contributed by atoms with Crippen LogP contribution < -0.4 is 4.74 Å². The smallest absolute Gasteiger partial charge is 0.303 e. The number of carbonyl (C=O) groups is 2. The van der Waals surface area contributed by atoms with Crippen molar-refractivity contribution in [3.63, 3.8) is 0 Å². The Bertz CT molecular complexity index is 906. The van der Waals surface area contributed by atoms with Crippen molar-refractivity contribution in [1.82, 2.24) is 4.90 Å². The second kappa shape index (κ2) is 14.8. The van der Waals surface area contributed by atoms with Gasteiger partial charge in [0.15, 0.2) is 0 Å². The average Bonchev–Trinajstić information content (AvgIpc) is 3.26. The van der Waals surface area contributed by atoms with Crippen molar-refractivity contribution in [2.75, 3.05) is 13.7 Å². The number of carboxylic acid groups (broad SMARTS) is 1. The van der Waals surface area contributed by atoms with Crippen molar-refractivity contribution >= 4 is 23.2 Å². The van der Waals surface area contributed by atoms with E-state index in [0.717, 1.165) is 40.2 Å². The number of aliphatic carboxylic acids is 1. The summed E-state index contributed by atoms with van der Waals surface area (Å²) in [5.41, 5.74) is 3.03. The quantitative estimate of drug-likeness (QED) is 0.255. The molecule has 0 unspecified atom stereocenters. The van der Waals surface area contributed by atoms with E-state index in [1.54, 1.807) is 11.3 Å². The maximum atomic E-state index is 12.5. The summed E-state index contributed by atoms with van der Waals surface area (Å²) < 4.78 is 6.10. The van der Waals surface area contributed by atoms with Crippen LogP contribution in [0.1, 0.15) is 82.6 Å². The molecular formula is C28H41NO4S. The summed E-state index contributed by atoms with van der Waals surface area (Å²) in [6.45, 7) is 7.63. The molecule has 0 aliphatic carbocycles. The van der Waals surface area contributed by atoms with Crippen LogP contribution in [-0.4, -0.2) is 35.5 Å². The third kappa shape index (κ3) is 9.88. The highest BCUT2D eigenvalue weighted by Gasteiger charge is 2.14. The van der Waals surface area contributed by atoms with E-state index in [9.17, 15) is 9.59 Å². The molecule has 0 spiro atoms. The van der Waals surface area contributed by atoms with Crippen LogP contribution in [0, 0.1) is 5.92 Å². The molecule has 188 valence electrons. The van der Waals surface area contributed by atoms with Crippen LogP contribution in [0.15, 0.2) is 29.6 Å². The SMILES string of the molecule is CCCCCCCCC(=O)N(C)Cc1cc(-c2ccc(CCC(=O)O)cc2OCC(C)C)cs1. The number of rotatable bonds is 16. The fourth-order valence-corrected chi connectivity index (χ4v) is 4.70. The number of aryl methyl sites for hydroxylation is 1. The number of carbonyl (C=O) groups excluding carboxylic acids is 1. The van der Waals surface area contributed by atoms with Gasteiger partial charge in [-0.3, -0.25) is 9.59 Å². The first-order chi connectivity index (χ1) is 16.3. The highest BCUT2D eigenvalue weighted by atomic mass is 32.1. The molecule has 0 radical (unpaired) electrons. The second-order valence-electron chi connectivity index (χ2n) is 9.50. The molecule has 34 heavy (non-hydrogen) atoms. The van der Waals surface area contributed by atoms with Gasteiger partial charge in [-0.05, 0) is 47.4 Å². The summed E-state index contributed by atoms with van der Waals surface area (Å²) in [5.74, 6) is 0.578. The van der Waals surface area contributed by atoms with E-state index < -0.39 is 5.97 Å². The van der Waals surface area contributed by atoms with Gasteiger partial charge in [-0.15, -0.1) is 11.3 Å². The summed E-state index contributed by atoms with van der Waals surface area (Å²) in [7, 11) is 1.88. The van der Waals surface area contributed by atoms with Crippen LogP contribution in [0.3, 0.4) is 0 Å². The number of hydrogen-bond acceptors (Lipinski definition) is 4. The fourth-order valence-electron chi connectivity index (χ4n) is 3.76. The third-order valence-corrected chi connectivity index (χ3v) is 6.69. The van der Waals surface area contributed by atoms with Gasteiger partial charge >= 0.3 is 5.97 Å². The molecule has 0 bridgehead atoms. The Morgan fingerprint density at radius 1 is 1.06 bits per heavy atom. The molecule has 1 aromatic carbocycles. The molecule has 0 aliphatic rings. The molecule has 0 fully saturated rings. The predicted octanol–water partition coefficient (Wildman–Crippen LogP) is 7.18. The van der Waals surface area contributed by atoms with Crippen LogP contribution in [-0.2, 0) is 22.6 Å². The Hall–Kier alpha value is -2.34. The topological polar surface area (TPSA) is 66.8 Å². The van der Waals surface area contributed by atoms with E-state index in [0.29, 0.717) is 31.9 Å². The largest absolute Gasteiger partial charge is 0.493 e. The molecule has 6 heteroatoms. The van der Waals surface area contributed by atoms with Gasteiger partial charge in [0, 0.05) is 30.3 Å². The van der Waals surface area contributed by atoms with E-state index >= 15 is 0 Å². The summed E-state index contributed by atoms with van der Waals surface area (Å²) in [6.07, 6.45) is 8.30. The number of carboxylic acids is 1. The van der Waals surface area contributed by atoms with Gasteiger partial charge in [-0.2, -0.15) is 0 Å². The number of hydrogen-bond donors (Lipinski definition) is 1. The van der Waals surface area contributed by atoms with Gasteiger partial charge in [-0.1, -0.05) is 65.0 Å². The maximum Gasteiger partial charge on any atom is 0.303 e. The first-order valence-electron chi connectivity index (χ1n) is 12.6. The molecule has 1 amide bonds. The lowest BCUT2D eigenvalue weighted by molar-refractivity contribution is -0.137. The van der Waals surface area contributed by atoms with E-state index in [-0.39, 0.29) is 12.3 Å². The Labute approximate surface area is 209 Å². The minimum Gasteiger partial charge on any atom is -0.493 e. The lowest BCUT2D eigenvalue weighted by atomic mass is 10.0. The average molecular weight is 488 g/mol. The third-order valence-electron chi connectivity index (χ3n) is 5.77. The predicted molar refractivity (Wildman–Crippen MR) is 141 cm³/mol. The molecule has 2 aromatic rings. The zero-order valence-electron chi connectivity index (χ0n) is 21.3. The number of ether oxygens (including phenoxy) is 1. The number of unbranched alkanes of at least 4 members (excludes halogenated alkanes) is 5. The molecule has 0 atom stereocenters. The van der Waals surface area contributed by atoms with Crippen LogP contribution in [0.5, 0.6) is 5.75 Å². The Morgan fingerprint density at radius 3 is 2.50 bits per heavy atom. The van der Waals surface area contributed by atoms with Gasteiger partial charge < -0.3 is 14.7 Å². The molecule has 2 rings (SSSR count). The molecule has 1 heterocycles. The minimum absolute atomic E-state index is 0.102. The van der Waals surface area contributed by atoms with E-state index in [2.05, 4.69) is 32.2 Å². The normalized spacial score (nSPS) is 11.1. The molecule has 0 saturated heterocycles. The van der Waals surface area contributed by atoms with Gasteiger partial charge in [-0.25, -0.2) is 0 Å². The highest BCUT2D eigenvalue weighted by Crippen LogP contribution is 2.35. The van der Waals surface area contributed by atoms with E-state index in [1.807, 2.05) is 30.1 Å². The number of amides is 1. The molecule has 1 aromatic heterocycles. The van der Waals surface area contributed by atoms with E-state index in [4.69, 9.17) is 9.84 Å². The zero-order chi connectivity index (χ0) is 24.9. The van der Waals surface area contributed by atoms with E-state index in [1.165, 1.54) is 25.7 Å². The summed E-state index contributed by atoms with van der Waals surface area (Å²) in [4.78, 5) is 26.4. The van der Waals surface area contributed by atoms with Crippen molar-refractivity contribution in [1.29, 1.82) is 0 Å². The monoisotopic (exact) mass is 487 g/mol. The minimum atomic E-state index is -0.800. The standard InChI is InChI=1S/C28H41NO4S/c1-5-6-7-8-9-10-11-27(30)29(4)18-24-17-23(20-34-24)25-14-12-22(13-15-28(31)32)16-26(25)33-19-21(2)3/h12,14,16-17,20-21H,5-11,13,15,18-19H2,1-4H3,(H,31,32). The first-order valence-corrected chi connectivity index (χ1v) is 13.5. The Balaban J connectivity index is 2.01. The lowest BCUT2D eigenvalue weighted by Gasteiger charge is -2.16. The maximum absolute atomic E-state index is 12.5. The van der Waals surface area contributed by atoms with Crippen molar-refractivity contribution in [2.24, 2.45) is 5.92 Å². The summed E-state index contributed by atoms with van der Waals surface area (Å²) >= 11 is 1.65. The van der Waals surface area contributed by atoms with Crippen LogP contribution in [0.4, 0.5) is 0 Å². The van der Waals surface area contributed by atoms with Gasteiger partial charge in [0.1, 0.15) is 5.75 Å². The van der Waals surface area contributed by atoms with Gasteiger partial charge in [0.05, 0.1) is 13.2 Å².